The number of amides is 1. The van der Waals surface area contributed by atoms with E-state index in [1.165, 1.54) is 18.9 Å². The topological polar surface area (TPSA) is 92.2 Å². The molecule has 1 aromatic heterocycles. The molecule has 0 bridgehead atoms. The van der Waals surface area contributed by atoms with E-state index in [0.29, 0.717) is 41.2 Å². The number of nitrogens with zero attached hydrogens (tertiary/aromatic N) is 3. The summed E-state index contributed by atoms with van der Waals surface area (Å²) in [5, 5.41) is 11.0. The quantitative estimate of drug-likeness (QED) is 0.192. The van der Waals surface area contributed by atoms with Crippen molar-refractivity contribution in [1.82, 2.24) is 9.88 Å². The van der Waals surface area contributed by atoms with Gasteiger partial charge in [0.2, 0.25) is 0 Å². The van der Waals surface area contributed by atoms with E-state index in [2.05, 4.69) is 0 Å². The van der Waals surface area contributed by atoms with Crippen LogP contribution in [0.15, 0.2) is 48.5 Å². The van der Waals surface area contributed by atoms with Crippen LogP contribution in [0.4, 0.5) is 37.0 Å². The van der Waals surface area contributed by atoms with Crippen LogP contribution in [-0.4, -0.2) is 53.3 Å². The Bertz CT molecular complexity index is 1690. The molecule has 1 N–H and O–H groups in total. The van der Waals surface area contributed by atoms with E-state index in [4.69, 9.17) is 14.5 Å². The molecular weight excluding hydrogens is 644 g/mol. The lowest BCUT2D eigenvalue weighted by atomic mass is 9.70. The van der Waals surface area contributed by atoms with Crippen molar-refractivity contribution in [1.29, 1.82) is 0 Å². The van der Waals surface area contributed by atoms with Crippen molar-refractivity contribution in [2.45, 2.75) is 69.6 Å². The molecule has 3 aliphatic rings. The Morgan fingerprint density at radius 3 is 2.21 bits per heavy atom. The van der Waals surface area contributed by atoms with Crippen LogP contribution in [0.3, 0.4) is 0 Å². The highest BCUT2D eigenvalue weighted by Gasteiger charge is 2.44. The Morgan fingerprint density at radius 1 is 0.958 bits per heavy atom. The second kappa shape index (κ2) is 12.5. The zero-order chi connectivity index (χ0) is 34.5. The Hall–Kier alpha value is -4.49. The predicted octanol–water partition coefficient (Wildman–Crippen LogP) is 7.84. The highest BCUT2D eigenvalue weighted by atomic mass is 19.4. The second-order valence-corrected chi connectivity index (χ2v) is 12.6. The summed E-state index contributed by atoms with van der Waals surface area (Å²) in [7, 11) is 1.35. The van der Waals surface area contributed by atoms with Crippen LogP contribution in [0.25, 0.3) is 11.1 Å². The van der Waals surface area contributed by atoms with Gasteiger partial charge in [0, 0.05) is 30.6 Å². The van der Waals surface area contributed by atoms with Crippen molar-refractivity contribution in [2.24, 2.45) is 5.92 Å². The van der Waals surface area contributed by atoms with E-state index in [1.54, 1.807) is 18.2 Å². The number of benzene rings is 2. The fourth-order valence-corrected chi connectivity index (χ4v) is 6.56. The maximum absolute atomic E-state index is 13.6. The number of phenols is 1. The molecule has 2 saturated heterocycles. The largest absolute Gasteiger partial charge is 0.507 e. The molecular formula is C34H33F6N3O5. The summed E-state index contributed by atoms with van der Waals surface area (Å²) in [4.78, 5) is 32.9. The maximum Gasteiger partial charge on any atom is 0.416 e. The van der Waals surface area contributed by atoms with Crippen molar-refractivity contribution in [3.05, 3.63) is 76.5 Å². The Labute approximate surface area is 272 Å². The van der Waals surface area contributed by atoms with Crippen molar-refractivity contribution in [3.8, 4) is 16.9 Å². The number of carbonyl (C=O) groups excluding carboxylic acids is 2. The molecule has 14 heteroatoms. The first-order valence-electron chi connectivity index (χ1n) is 15.5. The van der Waals surface area contributed by atoms with Crippen molar-refractivity contribution in [2.75, 3.05) is 25.1 Å². The van der Waals surface area contributed by atoms with Gasteiger partial charge in [0.15, 0.2) is 0 Å². The molecule has 2 atom stereocenters. The number of aromatic nitrogens is 1. The van der Waals surface area contributed by atoms with Gasteiger partial charge in [-0.25, -0.2) is 9.78 Å². The number of hydrogen-bond acceptors (Lipinski definition) is 7. The molecule has 1 amide bonds. The summed E-state index contributed by atoms with van der Waals surface area (Å²) < 4.78 is 91.7. The van der Waals surface area contributed by atoms with Gasteiger partial charge in [-0.2, -0.15) is 26.3 Å². The summed E-state index contributed by atoms with van der Waals surface area (Å²) in [6, 6.07) is 9.01. The van der Waals surface area contributed by atoms with Crippen molar-refractivity contribution >= 4 is 17.9 Å². The minimum atomic E-state index is -5.06. The zero-order valence-corrected chi connectivity index (χ0v) is 26.1. The average Bonchev–Trinajstić information content (AvgIpc) is 3.26. The fraction of sp³-hybridized carbons (Fsp3) is 0.441. The van der Waals surface area contributed by atoms with Crippen LogP contribution in [0.5, 0.6) is 5.75 Å². The molecule has 8 nitrogen and oxygen atoms in total. The van der Waals surface area contributed by atoms with Crippen LogP contribution < -0.4 is 4.90 Å². The van der Waals surface area contributed by atoms with Gasteiger partial charge in [0.05, 0.1) is 36.5 Å². The van der Waals surface area contributed by atoms with E-state index in [9.17, 15) is 41.0 Å². The molecule has 0 spiro atoms. The standard InChI is InChI=1S/C34H33F6N3O5/c1-18-31(22-13-23(33(35,36)37)16-24(14-22)34(38,39)40)48-32(46)43(18)17-27-25(5-7-29(41-27)42-8-3-9-42)26-15-20(4-6-28(26)44)21-10-19(11-21)12-30(45)47-2/h4-7,13-16,18-19,21,31,44H,3,8-12,17H2,1-2H3/t18-,19-,21+,31-/m0/s1. The summed E-state index contributed by atoms with van der Waals surface area (Å²) in [6.45, 7) is 2.83. The number of phenolic OH excluding ortho intramolecular Hbond substituents is 1. The minimum Gasteiger partial charge on any atom is -0.507 e. The Kier molecular flexibility index (Phi) is 8.71. The summed E-state index contributed by atoms with van der Waals surface area (Å²) in [5.74, 6) is 0.660. The van der Waals surface area contributed by atoms with E-state index in [1.807, 2.05) is 17.0 Å². The van der Waals surface area contributed by atoms with Gasteiger partial charge in [-0.15, -0.1) is 0 Å². The minimum absolute atomic E-state index is 0.0314. The first-order valence-corrected chi connectivity index (χ1v) is 15.5. The second-order valence-electron chi connectivity index (χ2n) is 12.6. The molecule has 1 aliphatic carbocycles. The number of rotatable bonds is 8. The monoisotopic (exact) mass is 677 g/mol. The predicted molar refractivity (Wildman–Crippen MR) is 161 cm³/mol. The number of hydrogen-bond donors (Lipinski definition) is 1. The molecule has 3 heterocycles. The third-order valence-electron chi connectivity index (χ3n) is 9.49. The number of pyridine rings is 1. The van der Waals surface area contributed by atoms with Crippen molar-refractivity contribution < 1.29 is 50.5 Å². The smallest absolute Gasteiger partial charge is 0.416 e. The number of ether oxygens (including phenoxy) is 2. The number of halogens is 6. The van der Waals surface area contributed by atoms with E-state index >= 15 is 0 Å². The number of alkyl halides is 6. The molecule has 0 radical (unpaired) electrons. The van der Waals surface area contributed by atoms with Gasteiger partial charge >= 0.3 is 24.4 Å². The van der Waals surface area contributed by atoms with Gasteiger partial charge in [-0.1, -0.05) is 6.07 Å². The van der Waals surface area contributed by atoms with E-state index in [0.717, 1.165) is 37.9 Å². The highest BCUT2D eigenvalue weighted by Crippen LogP contribution is 2.46. The van der Waals surface area contributed by atoms with Gasteiger partial charge in [-0.05, 0) is 91.6 Å². The molecule has 2 aliphatic heterocycles. The lowest BCUT2D eigenvalue weighted by Gasteiger charge is -2.35. The van der Waals surface area contributed by atoms with E-state index in [-0.39, 0.29) is 36.2 Å². The number of aromatic hydroxyl groups is 1. The third-order valence-corrected chi connectivity index (χ3v) is 9.49. The molecule has 3 aromatic rings. The van der Waals surface area contributed by atoms with Crippen LogP contribution in [0.1, 0.15) is 72.6 Å². The zero-order valence-electron chi connectivity index (χ0n) is 26.1. The molecule has 0 unspecified atom stereocenters. The first kappa shape index (κ1) is 33.4. The number of esters is 1. The molecule has 2 aromatic carbocycles. The van der Waals surface area contributed by atoms with Gasteiger partial charge in [0.1, 0.15) is 17.7 Å². The van der Waals surface area contributed by atoms with Crippen molar-refractivity contribution in [3.63, 3.8) is 0 Å². The lowest BCUT2D eigenvalue weighted by molar-refractivity contribution is -0.144. The Morgan fingerprint density at radius 2 is 1.62 bits per heavy atom. The van der Waals surface area contributed by atoms with Gasteiger partial charge in [0.25, 0.3) is 0 Å². The summed E-state index contributed by atoms with van der Waals surface area (Å²) in [5.41, 5.74) is -1.16. The number of methoxy groups -OCH3 is 1. The van der Waals surface area contributed by atoms with Crippen LogP contribution in [0, 0.1) is 5.92 Å². The van der Waals surface area contributed by atoms with E-state index < -0.39 is 47.3 Å². The fourth-order valence-electron chi connectivity index (χ4n) is 6.56. The molecule has 256 valence electrons. The normalized spacial score (nSPS) is 22.6. The maximum atomic E-state index is 13.6. The van der Waals surface area contributed by atoms with Crippen LogP contribution in [-0.2, 0) is 33.2 Å². The van der Waals surface area contributed by atoms with Gasteiger partial charge < -0.3 is 19.5 Å². The number of anilines is 1. The molecule has 3 fully saturated rings. The first-order chi connectivity index (χ1) is 22.6. The molecule has 48 heavy (non-hydrogen) atoms. The summed E-state index contributed by atoms with van der Waals surface area (Å²) >= 11 is 0. The molecule has 1 saturated carbocycles. The van der Waals surface area contributed by atoms with Gasteiger partial charge in [-0.3, -0.25) is 9.69 Å². The third kappa shape index (κ3) is 6.61. The SMILES string of the molecule is COC(=O)C[C@H]1C[C@@H](c2ccc(O)c(-c3ccc(N4CCC4)nc3CN3C(=O)O[C@H](c4cc(C(F)(F)F)cc(C(F)(F)F)c4)[C@@H]3C)c2)C1. The number of carbonyl (C=O) groups is 2. The highest BCUT2D eigenvalue weighted by molar-refractivity contribution is 5.76. The summed E-state index contributed by atoms with van der Waals surface area (Å²) in [6.07, 6.45) is -9.64. The van der Waals surface area contributed by atoms with Crippen LogP contribution in [0.2, 0.25) is 0 Å². The van der Waals surface area contributed by atoms with Crippen LogP contribution >= 0.6 is 0 Å². The lowest BCUT2D eigenvalue weighted by Crippen LogP contribution is -2.38. The average molecular weight is 678 g/mol. The number of cyclic esters (lactones) is 1. The molecule has 6 rings (SSSR count). The Balaban J connectivity index is 1.31.